The van der Waals surface area contributed by atoms with Crippen molar-refractivity contribution in [3.63, 3.8) is 0 Å². The zero-order chi connectivity index (χ0) is 12.8. The van der Waals surface area contributed by atoms with Crippen molar-refractivity contribution < 1.29 is 4.79 Å². The molecule has 0 N–H and O–H groups in total. The number of aromatic nitrogens is 1. The van der Waals surface area contributed by atoms with Gasteiger partial charge in [0.2, 0.25) is 0 Å². The Kier molecular flexibility index (Phi) is 5.04. The van der Waals surface area contributed by atoms with Crippen LogP contribution in [0.5, 0.6) is 0 Å². The molecule has 0 aliphatic carbocycles. The summed E-state index contributed by atoms with van der Waals surface area (Å²) in [5.74, 6) is 0.468. The predicted molar refractivity (Wildman–Crippen MR) is 74.3 cm³/mol. The van der Waals surface area contributed by atoms with E-state index < -0.39 is 0 Å². The lowest BCUT2D eigenvalue weighted by atomic mass is 10.1. The predicted octanol–water partition coefficient (Wildman–Crippen LogP) is 4.13. The zero-order valence-corrected chi connectivity index (χ0v) is 11.1. The fourth-order valence-electron chi connectivity index (χ4n) is 1.38. The molecule has 0 unspecified atom stereocenters. The number of thiazole rings is 1. The van der Waals surface area contributed by atoms with Crippen molar-refractivity contribution in [2.24, 2.45) is 5.92 Å². The molecule has 0 spiro atoms. The van der Waals surface area contributed by atoms with Crippen molar-refractivity contribution in [3.05, 3.63) is 47.5 Å². The van der Waals surface area contributed by atoms with E-state index in [1.54, 1.807) is 12.2 Å². The molecule has 90 valence electrons. The first-order valence-electron chi connectivity index (χ1n) is 5.52. The molecule has 1 heterocycles. The summed E-state index contributed by atoms with van der Waals surface area (Å²) in [4.78, 5) is 16.2. The lowest BCUT2D eigenvalue weighted by molar-refractivity contribution is 0.0967. The fraction of sp³-hybridized carbons (Fsp3) is 0.286. The number of ketones is 1. The molecule has 0 aliphatic heterocycles. The van der Waals surface area contributed by atoms with E-state index in [0.29, 0.717) is 17.3 Å². The number of carbonyl (C=O) groups excluding carboxylic acids is 1. The largest absolute Gasteiger partial charge is 0.292 e. The molecule has 2 nitrogen and oxygen atoms in total. The molecule has 0 saturated carbocycles. The van der Waals surface area contributed by atoms with Gasteiger partial charge in [-0.05, 0) is 5.92 Å². The lowest BCUT2D eigenvalue weighted by Gasteiger charge is -2.00. The van der Waals surface area contributed by atoms with E-state index in [-0.39, 0.29) is 5.78 Å². The normalized spacial score (nSPS) is 11.6. The van der Waals surface area contributed by atoms with Crippen LogP contribution in [-0.4, -0.2) is 10.8 Å². The summed E-state index contributed by atoms with van der Waals surface area (Å²) in [5, 5.41) is 2.45. The minimum atomic E-state index is 0.110. The third-order valence-corrected chi connectivity index (χ3v) is 3.03. The molecule has 0 atom stereocenters. The number of allylic oxidation sites excluding steroid dienone is 4. The molecule has 0 amide bonds. The van der Waals surface area contributed by atoms with E-state index in [1.807, 2.05) is 25.3 Å². The first kappa shape index (κ1) is 13.6. The Bertz CT molecular complexity index is 455. The third-order valence-electron chi connectivity index (χ3n) is 2.15. The average molecular weight is 247 g/mol. The Morgan fingerprint density at radius 3 is 2.76 bits per heavy atom. The Morgan fingerprint density at radius 2 is 2.24 bits per heavy atom. The van der Waals surface area contributed by atoms with Crippen LogP contribution >= 0.6 is 11.3 Å². The lowest BCUT2D eigenvalue weighted by Crippen LogP contribution is -2.03. The van der Waals surface area contributed by atoms with Crippen LogP contribution < -0.4 is 0 Å². The maximum Gasteiger partial charge on any atom is 0.191 e. The molecule has 1 aromatic rings. The van der Waals surface area contributed by atoms with Gasteiger partial charge in [-0.15, -0.1) is 11.3 Å². The van der Waals surface area contributed by atoms with E-state index in [4.69, 9.17) is 0 Å². The van der Waals surface area contributed by atoms with Gasteiger partial charge < -0.3 is 0 Å². The summed E-state index contributed by atoms with van der Waals surface area (Å²) in [6, 6.07) is 0. The van der Waals surface area contributed by atoms with E-state index in [1.165, 1.54) is 11.3 Å². The number of Topliss-reactive ketones (excluding diaryl/α,β-unsaturated/α-hetero) is 1. The topological polar surface area (TPSA) is 30.0 Å². The Balaban J connectivity index is 2.91. The van der Waals surface area contributed by atoms with Gasteiger partial charge >= 0.3 is 0 Å². The van der Waals surface area contributed by atoms with Gasteiger partial charge in [0.15, 0.2) is 10.8 Å². The van der Waals surface area contributed by atoms with Crippen LogP contribution in [0.15, 0.2) is 36.8 Å². The van der Waals surface area contributed by atoms with Crippen LogP contribution in [0.25, 0.3) is 5.57 Å². The molecule has 3 heteroatoms. The van der Waals surface area contributed by atoms with Gasteiger partial charge in [-0.25, -0.2) is 4.98 Å². The second-order valence-electron chi connectivity index (χ2n) is 4.12. The molecular formula is C14H17NOS. The summed E-state index contributed by atoms with van der Waals surface area (Å²) >= 11 is 1.39. The number of hydrogen-bond acceptors (Lipinski definition) is 3. The SMILES string of the molecule is C=C/C=C(\C=C)c1csc(C(=O)CC(C)C)n1. The summed E-state index contributed by atoms with van der Waals surface area (Å²) in [6.07, 6.45) is 5.78. The molecule has 0 aromatic carbocycles. The van der Waals surface area contributed by atoms with Crippen molar-refractivity contribution in [1.29, 1.82) is 0 Å². The Hall–Kier alpha value is -1.48. The van der Waals surface area contributed by atoms with Gasteiger partial charge in [-0.1, -0.05) is 45.2 Å². The number of carbonyl (C=O) groups is 1. The maximum atomic E-state index is 11.8. The van der Waals surface area contributed by atoms with Crippen LogP contribution in [-0.2, 0) is 0 Å². The highest BCUT2D eigenvalue weighted by Gasteiger charge is 2.13. The van der Waals surface area contributed by atoms with Crippen molar-refractivity contribution in [3.8, 4) is 0 Å². The monoisotopic (exact) mass is 247 g/mol. The molecular weight excluding hydrogens is 230 g/mol. The van der Waals surface area contributed by atoms with Crippen LogP contribution in [0.4, 0.5) is 0 Å². The van der Waals surface area contributed by atoms with Gasteiger partial charge in [0, 0.05) is 17.4 Å². The van der Waals surface area contributed by atoms with Crippen molar-refractivity contribution in [1.82, 2.24) is 4.98 Å². The van der Waals surface area contributed by atoms with Gasteiger partial charge in [-0.3, -0.25) is 4.79 Å². The second kappa shape index (κ2) is 6.30. The zero-order valence-electron chi connectivity index (χ0n) is 10.3. The molecule has 1 aromatic heterocycles. The Labute approximate surface area is 106 Å². The van der Waals surface area contributed by atoms with Crippen molar-refractivity contribution >= 4 is 22.7 Å². The van der Waals surface area contributed by atoms with Crippen LogP contribution in [0.1, 0.15) is 35.8 Å². The summed E-state index contributed by atoms with van der Waals surface area (Å²) in [5.41, 5.74) is 1.68. The number of nitrogens with zero attached hydrogens (tertiary/aromatic N) is 1. The van der Waals surface area contributed by atoms with Gasteiger partial charge in [0.05, 0.1) is 5.69 Å². The summed E-state index contributed by atoms with van der Waals surface area (Å²) < 4.78 is 0. The quantitative estimate of drug-likeness (QED) is 0.559. The summed E-state index contributed by atoms with van der Waals surface area (Å²) in [7, 11) is 0. The Morgan fingerprint density at radius 1 is 1.53 bits per heavy atom. The summed E-state index contributed by atoms with van der Waals surface area (Å²) in [6.45, 7) is 11.4. The van der Waals surface area contributed by atoms with Gasteiger partial charge in [-0.2, -0.15) is 0 Å². The van der Waals surface area contributed by atoms with E-state index in [9.17, 15) is 4.79 Å². The minimum absolute atomic E-state index is 0.110. The van der Waals surface area contributed by atoms with Crippen molar-refractivity contribution in [2.45, 2.75) is 20.3 Å². The smallest absolute Gasteiger partial charge is 0.191 e. The standard InChI is InChI=1S/C14H17NOS/c1-5-7-11(6-2)12-9-17-14(15-12)13(16)8-10(3)4/h5-7,9-10H,1-2,8H2,3-4H3/b11-7+. The average Bonchev–Trinajstić information content (AvgIpc) is 2.74. The number of rotatable bonds is 6. The van der Waals surface area contributed by atoms with E-state index in [0.717, 1.165) is 11.3 Å². The highest BCUT2D eigenvalue weighted by atomic mass is 32.1. The molecule has 0 fully saturated rings. The molecule has 0 aliphatic rings. The highest BCUT2D eigenvalue weighted by Crippen LogP contribution is 2.20. The number of hydrogen-bond donors (Lipinski definition) is 0. The first-order valence-corrected chi connectivity index (χ1v) is 6.40. The molecule has 1 rings (SSSR count). The van der Waals surface area contributed by atoms with Crippen LogP contribution in [0.3, 0.4) is 0 Å². The fourth-order valence-corrected chi connectivity index (χ4v) is 2.16. The van der Waals surface area contributed by atoms with Crippen LogP contribution in [0.2, 0.25) is 0 Å². The second-order valence-corrected chi connectivity index (χ2v) is 4.98. The van der Waals surface area contributed by atoms with Gasteiger partial charge in [0.25, 0.3) is 0 Å². The van der Waals surface area contributed by atoms with E-state index in [2.05, 4.69) is 18.1 Å². The van der Waals surface area contributed by atoms with Gasteiger partial charge in [0.1, 0.15) is 0 Å². The van der Waals surface area contributed by atoms with E-state index >= 15 is 0 Å². The molecule has 17 heavy (non-hydrogen) atoms. The van der Waals surface area contributed by atoms with Crippen LogP contribution in [0, 0.1) is 5.92 Å². The maximum absolute atomic E-state index is 11.8. The third kappa shape index (κ3) is 3.79. The minimum Gasteiger partial charge on any atom is -0.292 e. The molecule has 0 bridgehead atoms. The van der Waals surface area contributed by atoms with Crippen molar-refractivity contribution in [2.75, 3.05) is 0 Å². The first-order chi connectivity index (χ1) is 8.08. The highest BCUT2D eigenvalue weighted by molar-refractivity contribution is 7.11. The molecule has 0 saturated heterocycles. The molecule has 0 radical (unpaired) electrons.